The lowest BCUT2D eigenvalue weighted by Crippen LogP contribution is -2.90. The second kappa shape index (κ2) is 9.33. The van der Waals surface area contributed by atoms with Gasteiger partial charge < -0.3 is 16.0 Å². The lowest BCUT2D eigenvalue weighted by Gasteiger charge is -2.20. The molecule has 0 radical (unpaired) electrons. The molecule has 0 heterocycles. The van der Waals surface area contributed by atoms with Crippen LogP contribution in [0.5, 0.6) is 0 Å². The van der Waals surface area contributed by atoms with Gasteiger partial charge in [-0.25, -0.2) is 0 Å². The zero-order chi connectivity index (χ0) is 15.8. The highest BCUT2D eigenvalue weighted by molar-refractivity contribution is 7.80. The first kappa shape index (κ1) is 17.5. The van der Waals surface area contributed by atoms with Crippen LogP contribution in [0.3, 0.4) is 0 Å². The molecule has 22 heavy (non-hydrogen) atoms. The quantitative estimate of drug-likeness (QED) is 0.550. The van der Waals surface area contributed by atoms with Crippen LogP contribution in [-0.2, 0) is 0 Å². The van der Waals surface area contributed by atoms with E-state index in [1.807, 2.05) is 25.1 Å². The van der Waals surface area contributed by atoms with Crippen LogP contribution in [0.4, 0.5) is 5.69 Å². The standard InChI is InChI=1S/C17H26ClN3S/c1-13-12-14(18)8-9-16(13)21-17(22)20-11-5-10-19-15-6-3-2-4-7-15/h8-9,12,15,19H,2-7,10-11H2,1H3,(H2,20,21,22)/p+1. The maximum atomic E-state index is 5.96. The van der Waals surface area contributed by atoms with Crippen molar-refractivity contribution in [3.05, 3.63) is 28.8 Å². The Morgan fingerprint density at radius 2 is 2.09 bits per heavy atom. The number of hydrogen-bond donors (Lipinski definition) is 3. The second-order valence-electron chi connectivity index (χ2n) is 6.12. The van der Waals surface area contributed by atoms with Crippen molar-refractivity contribution in [2.75, 3.05) is 18.4 Å². The van der Waals surface area contributed by atoms with Crippen LogP contribution >= 0.6 is 23.8 Å². The number of hydrogen-bond acceptors (Lipinski definition) is 1. The summed E-state index contributed by atoms with van der Waals surface area (Å²) in [7, 11) is 0. The first-order chi connectivity index (χ1) is 10.6. The van der Waals surface area contributed by atoms with Crippen LogP contribution in [-0.4, -0.2) is 24.2 Å². The van der Waals surface area contributed by atoms with Gasteiger partial charge in [0.1, 0.15) is 0 Å². The molecule has 1 aliphatic carbocycles. The molecule has 122 valence electrons. The molecule has 0 bridgehead atoms. The Bertz CT molecular complexity index is 487. The molecule has 0 atom stereocenters. The molecule has 0 saturated heterocycles. The van der Waals surface area contributed by atoms with Crippen LogP contribution in [0.1, 0.15) is 44.1 Å². The molecule has 0 unspecified atom stereocenters. The molecule has 1 fully saturated rings. The molecule has 1 saturated carbocycles. The fourth-order valence-electron chi connectivity index (χ4n) is 2.96. The normalized spacial score (nSPS) is 15.5. The van der Waals surface area contributed by atoms with Gasteiger partial charge in [-0.15, -0.1) is 0 Å². The summed E-state index contributed by atoms with van der Waals surface area (Å²) in [6.07, 6.45) is 8.17. The van der Waals surface area contributed by atoms with Gasteiger partial charge in [-0.3, -0.25) is 0 Å². The predicted octanol–water partition coefficient (Wildman–Crippen LogP) is 3.22. The van der Waals surface area contributed by atoms with Crippen molar-refractivity contribution < 1.29 is 5.32 Å². The molecule has 0 aliphatic heterocycles. The fourth-order valence-corrected chi connectivity index (χ4v) is 3.40. The molecular weight excluding hydrogens is 314 g/mol. The number of benzene rings is 1. The van der Waals surface area contributed by atoms with E-state index in [0.717, 1.165) is 35.3 Å². The van der Waals surface area contributed by atoms with Crippen molar-refractivity contribution in [3.8, 4) is 0 Å². The van der Waals surface area contributed by atoms with Gasteiger partial charge in [-0.2, -0.15) is 0 Å². The second-order valence-corrected chi connectivity index (χ2v) is 6.96. The van der Waals surface area contributed by atoms with E-state index in [9.17, 15) is 0 Å². The molecule has 0 amide bonds. The summed E-state index contributed by atoms with van der Waals surface area (Å²) in [5, 5.41) is 10.5. The predicted molar refractivity (Wildman–Crippen MR) is 98.7 cm³/mol. The number of aryl methyl sites for hydroxylation is 1. The minimum absolute atomic E-state index is 0.683. The molecular formula is C17H27ClN3S+. The highest BCUT2D eigenvalue weighted by Gasteiger charge is 2.14. The van der Waals surface area contributed by atoms with Crippen molar-refractivity contribution in [3.63, 3.8) is 0 Å². The first-order valence-corrected chi connectivity index (χ1v) is 9.08. The zero-order valence-corrected chi connectivity index (χ0v) is 14.9. The zero-order valence-electron chi connectivity index (χ0n) is 13.3. The van der Waals surface area contributed by atoms with Crippen LogP contribution in [0.2, 0.25) is 5.02 Å². The van der Waals surface area contributed by atoms with Crippen molar-refractivity contribution >= 4 is 34.6 Å². The number of rotatable bonds is 6. The van der Waals surface area contributed by atoms with Crippen molar-refractivity contribution in [2.24, 2.45) is 0 Å². The third-order valence-corrected chi connectivity index (χ3v) is 4.73. The average molecular weight is 341 g/mol. The van der Waals surface area contributed by atoms with E-state index < -0.39 is 0 Å². The van der Waals surface area contributed by atoms with Crippen LogP contribution in [0.15, 0.2) is 18.2 Å². The van der Waals surface area contributed by atoms with Gasteiger partial charge in [0.25, 0.3) is 0 Å². The van der Waals surface area contributed by atoms with Gasteiger partial charge in [0, 0.05) is 23.7 Å². The van der Waals surface area contributed by atoms with Crippen molar-refractivity contribution in [1.82, 2.24) is 5.32 Å². The molecule has 3 nitrogen and oxygen atoms in total. The maximum absolute atomic E-state index is 5.96. The summed E-state index contributed by atoms with van der Waals surface area (Å²) < 4.78 is 0. The van der Waals surface area contributed by atoms with Crippen molar-refractivity contribution in [1.29, 1.82) is 0 Å². The Hall–Kier alpha value is -0.840. The Balaban J connectivity index is 1.59. The summed E-state index contributed by atoms with van der Waals surface area (Å²) in [5.41, 5.74) is 2.11. The number of halogens is 1. The highest BCUT2D eigenvalue weighted by Crippen LogP contribution is 2.19. The molecule has 0 spiro atoms. The number of quaternary nitrogens is 1. The summed E-state index contributed by atoms with van der Waals surface area (Å²) in [4.78, 5) is 0. The Kier molecular flexibility index (Phi) is 7.43. The first-order valence-electron chi connectivity index (χ1n) is 8.29. The van der Waals surface area contributed by atoms with Gasteiger partial charge in [0.05, 0.1) is 12.6 Å². The molecule has 2 rings (SSSR count). The number of thiocarbonyl (C=S) groups is 1. The van der Waals surface area contributed by atoms with Crippen LogP contribution < -0.4 is 16.0 Å². The summed E-state index contributed by atoms with van der Waals surface area (Å²) in [5.74, 6) is 0. The molecule has 5 heteroatoms. The minimum atomic E-state index is 0.683. The third kappa shape index (κ3) is 6.11. The monoisotopic (exact) mass is 340 g/mol. The van der Waals surface area contributed by atoms with E-state index >= 15 is 0 Å². The summed E-state index contributed by atoms with van der Waals surface area (Å²) in [6.45, 7) is 4.12. The van der Waals surface area contributed by atoms with E-state index in [0.29, 0.717) is 5.11 Å². The largest absolute Gasteiger partial charge is 0.362 e. The van der Waals surface area contributed by atoms with Crippen LogP contribution in [0, 0.1) is 6.92 Å². The molecule has 4 N–H and O–H groups in total. The Labute approximate surface area is 144 Å². The summed E-state index contributed by atoms with van der Waals surface area (Å²) >= 11 is 11.3. The van der Waals surface area contributed by atoms with Gasteiger partial charge >= 0.3 is 0 Å². The molecule has 1 aromatic rings. The molecule has 1 aliphatic rings. The van der Waals surface area contributed by atoms with E-state index in [1.54, 1.807) is 0 Å². The Morgan fingerprint density at radius 1 is 1.32 bits per heavy atom. The smallest absolute Gasteiger partial charge is 0.170 e. The highest BCUT2D eigenvalue weighted by atomic mass is 35.5. The third-order valence-electron chi connectivity index (χ3n) is 4.25. The number of anilines is 1. The Morgan fingerprint density at radius 3 is 2.82 bits per heavy atom. The van der Waals surface area contributed by atoms with Gasteiger partial charge in [-0.1, -0.05) is 18.0 Å². The fraction of sp³-hybridized carbons (Fsp3) is 0.588. The van der Waals surface area contributed by atoms with E-state index in [2.05, 4.69) is 16.0 Å². The number of nitrogens with one attached hydrogen (secondary N) is 2. The van der Waals surface area contributed by atoms with Crippen molar-refractivity contribution in [2.45, 2.75) is 51.5 Å². The SMILES string of the molecule is Cc1cc(Cl)ccc1NC(=S)NCCC[NH2+]C1CCCCC1. The summed E-state index contributed by atoms with van der Waals surface area (Å²) in [6, 6.07) is 6.63. The van der Waals surface area contributed by atoms with E-state index in [4.69, 9.17) is 23.8 Å². The molecule has 1 aromatic carbocycles. The van der Waals surface area contributed by atoms with Gasteiger partial charge in [-0.05, 0) is 68.6 Å². The average Bonchev–Trinajstić information content (AvgIpc) is 2.51. The minimum Gasteiger partial charge on any atom is -0.362 e. The van der Waals surface area contributed by atoms with Gasteiger partial charge in [0.15, 0.2) is 5.11 Å². The lowest BCUT2D eigenvalue weighted by molar-refractivity contribution is -0.691. The maximum Gasteiger partial charge on any atom is 0.170 e. The lowest BCUT2D eigenvalue weighted by atomic mass is 9.95. The van der Waals surface area contributed by atoms with E-state index in [1.165, 1.54) is 38.6 Å². The topological polar surface area (TPSA) is 40.7 Å². The van der Waals surface area contributed by atoms with Gasteiger partial charge in [0.2, 0.25) is 0 Å². The van der Waals surface area contributed by atoms with E-state index in [-0.39, 0.29) is 0 Å². The number of nitrogens with two attached hydrogens (primary N) is 1. The van der Waals surface area contributed by atoms with Crippen LogP contribution in [0.25, 0.3) is 0 Å². The molecule has 0 aromatic heterocycles.